The van der Waals surface area contributed by atoms with Crippen LogP contribution in [-0.4, -0.2) is 26.7 Å². The van der Waals surface area contributed by atoms with Gasteiger partial charge in [-0.05, 0) is 35.1 Å². The summed E-state index contributed by atoms with van der Waals surface area (Å²) in [5.41, 5.74) is 2.66. The van der Waals surface area contributed by atoms with Gasteiger partial charge in [-0.15, -0.1) is 13.2 Å². The summed E-state index contributed by atoms with van der Waals surface area (Å²) < 4.78 is 52.8. The van der Waals surface area contributed by atoms with E-state index in [0.29, 0.717) is 19.1 Å². The van der Waals surface area contributed by atoms with Crippen molar-refractivity contribution in [2.75, 3.05) is 13.2 Å². The number of halogens is 3. The molecule has 1 heterocycles. The highest BCUT2D eigenvalue weighted by Gasteiger charge is 2.31. The molecule has 33 heavy (non-hydrogen) atoms. The minimum atomic E-state index is -4.68. The molecule has 0 saturated carbocycles. The molecule has 0 radical (unpaired) electrons. The van der Waals surface area contributed by atoms with Crippen LogP contribution in [0.1, 0.15) is 64.7 Å². The summed E-state index contributed by atoms with van der Waals surface area (Å²) in [6, 6.07) is 13.6. The molecule has 180 valence electrons. The fourth-order valence-corrected chi connectivity index (χ4v) is 4.15. The smallest absolute Gasteiger partial charge is 0.407 e. The molecule has 0 N–H and O–H groups in total. The number of benzene rings is 2. The summed E-state index contributed by atoms with van der Waals surface area (Å²) in [7, 11) is -0.364. The number of rotatable bonds is 12. The van der Waals surface area contributed by atoms with Gasteiger partial charge in [-0.3, -0.25) is 0 Å². The molecule has 0 spiro atoms. The number of hydrogen-bond acceptors (Lipinski definition) is 3. The van der Waals surface area contributed by atoms with Gasteiger partial charge >= 0.3 is 13.5 Å². The van der Waals surface area contributed by atoms with Crippen LogP contribution in [0.4, 0.5) is 13.2 Å². The molecule has 1 aliphatic heterocycles. The largest absolute Gasteiger partial charge is 0.573 e. The summed E-state index contributed by atoms with van der Waals surface area (Å²) in [6.45, 7) is 3.67. The Labute approximate surface area is 195 Å². The van der Waals surface area contributed by atoms with Crippen molar-refractivity contribution in [3.05, 3.63) is 48.5 Å². The lowest BCUT2D eigenvalue weighted by molar-refractivity contribution is -0.274. The Kier molecular flexibility index (Phi) is 10.1. The standard InChI is InChI=1S/C26H34BF3O3/c1-2-3-4-5-6-7-8-9-10-21-19-31-27(32-20-21)24-15-11-22(12-16-24)23-13-17-25(18-14-23)33-26(28,29)30/h11-18,21H,2-10,19-20H2,1H3. The number of alkyl halides is 3. The fourth-order valence-electron chi connectivity index (χ4n) is 4.15. The van der Waals surface area contributed by atoms with Crippen molar-refractivity contribution < 1.29 is 27.2 Å². The van der Waals surface area contributed by atoms with Crippen molar-refractivity contribution in [1.82, 2.24) is 0 Å². The molecule has 1 fully saturated rings. The van der Waals surface area contributed by atoms with Gasteiger partial charge in [-0.1, -0.05) is 94.7 Å². The molecular formula is C26H34BF3O3. The Morgan fingerprint density at radius 3 is 1.85 bits per heavy atom. The summed E-state index contributed by atoms with van der Waals surface area (Å²) in [5.74, 6) is 0.228. The van der Waals surface area contributed by atoms with Crippen LogP contribution in [-0.2, 0) is 9.31 Å². The molecule has 0 aliphatic carbocycles. The van der Waals surface area contributed by atoms with Gasteiger partial charge in [0.25, 0.3) is 0 Å². The Morgan fingerprint density at radius 1 is 0.788 bits per heavy atom. The zero-order valence-corrected chi connectivity index (χ0v) is 19.4. The first-order chi connectivity index (χ1) is 15.9. The van der Waals surface area contributed by atoms with Crippen LogP contribution in [0.25, 0.3) is 11.1 Å². The first-order valence-electron chi connectivity index (χ1n) is 12.1. The van der Waals surface area contributed by atoms with Crippen molar-refractivity contribution >= 4 is 12.6 Å². The normalized spacial score (nSPS) is 15.1. The van der Waals surface area contributed by atoms with Gasteiger partial charge < -0.3 is 14.0 Å². The molecule has 1 aliphatic rings. The van der Waals surface area contributed by atoms with Gasteiger partial charge in [0, 0.05) is 19.1 Å². The number of hydrogen-bond donors (Lipinski definition) is 0. The molecule has 7 heteroatoms. The predicted octanol–water partition coefficient (Wildman–Crippen LogP) is 7.14. The third-order valence-corrected chi connectivity index (χ3v) is 6.04. The molecule has 0 bridgehead atoms. The second-order valence-electron chi connectivity index (χ2n) is 8.82. The van der Waals surface area contributed by atoms with Crippen LogP contribution in [0.2, 0.25) is 0 Å². The molecule has 3 nitrogen and oxygen atoms in total. The summed E-state index contributed by atoms with van der Waals surface area (Å²) in [5, 5.41) is 0. The zero-order valence-electron chi connectivity index (χ0n) is 19.4. The Balaban J connectivity index is 1.38. The summed E-state index contributed by atoms with van der Waals surface area (Å²) >= 11 is 0. The van der Waals surface area contributed by atoms with Gasteiger partial charge in [-0.25, -0.2) is 0 Å². The Bertz CT molecular complexity index is 801. The van der Waals surface area contributed by atoms with E-state index in [2.05, 4.69) is 11.7 Å². The van der Waals surface area contributed by atoms with Crippen molar-refractivity contribution in [2.45, 2.75) is 71.1 Å². The van der Waals surface area contributed by atoms with E-state index in [1.807, 2.05) is 24.3 Å². The second kappa shape index (κ2) is 13.0. The summed E-state index contributed by atoms with van der Waals surface area (Å²) in [6.07, 6.45) is 7.04. The molecule has 3 rings (SSSR count). The predicted molar refractivity (Wildman–Crippen MR) is 127 cm³/mol. The van der Waals surface area contributed by atoms with E-state index in [-0.39, 0.29) is 12.9 Å². The Hall–Kier alpha value is -1.99. The van der Waals surface area contributed by atoms with Crippen molar-refractivity contribution in [3.8, 4) is 16.9 Å². The van der Waals surface area contributed by atoms with E-state index in [1.165, 1.54) is 63.5 Å². The topological polar surface area (TPSA) is 27.7 Å². The van der Waals surface area contributed by atoms with Gasteiger partial charge in [-0.2, -0.15) is 0 Å². The monoisotopic (exact) mass is 462 g/mol. The maximum atomic E-state index is 12.3. The third-order valence-electron chi connectivity index (χ3n) is 6.04. The number of ether oxygens (including phenoxy) is 1. The lowest BCUT2D eigenvalue weighted by atomic mass is 9.76. The van der Waals surface area contributed by atoms with Crippen LogP contribution in [0.5, 0.6) is 5.75 Å². The van der Waals surface area contributed by atoms with Crippen LogP contribution >= 0.6 is 0 Å². The molecule has 0 atom stereocenters. The Morgan fingerprint density at radius 2 is 1.30 bits per heavy atom. The van der Waals surface area contributed by atoms with Gasteiger partial charge in [0.15, 0.2) is 0 Å². The van der Waals surface area contributed by atoms with Crippen LogP contribution in [0.15, 0.2) is 48.5 Å². The third kappa shape index (κ3) is 9.05. The van der Waals surface area contributed by atoms with E-state index >= 15 is 0 Å². The maximum absolute atomic E-state index is 12.3. The first kappa shape index (κ1) is 25.6. The second-order valence-corrected chi connectivity index (χ2v) is 8.82. The first-order valence-corrected chi connectivity index (χ1v) is 12.1. The maximum Gasteiger partial charge on any atom is 0.573 e. The van der Waals surface area contributed by atoms with E-state index < -0.39 is 6.36 Å². The minimum absolute atomic E-state index is 0.228. The molecule has 2 aromatic carbocycles. The number of unbranched alkanes of at least 4 members (excludes halogenated alkanes) is 7. The SMILES string of the molecule is CCCCCCCCCCC1COB(c2ccc(-c3ccc(OC(F)(F)F)cc3)cc2)OC1. The molecule has 0 unspecified atom stereocenters. The van der Waals surface area contributed by atoms with Gasteiger partial charge in [0.2, 0.25) is 0 Å². The molecule has 1 saturated heterocycles. The van der Waals surface area contributed by atoms with E-state index in [9.17, 15) is 13.2 Å². The van der Waals surface area contributed by atoms with Gasteiger partial charge in [0.1, 0.15) is 5.75 Å². The molecule has 0 amide bonds. The average Bonchev–Trinajstić information content (AvgIpc) is 2.81. The highest BCUT2D eigenvalue weighted by atomic mass is 19.4. The quantitative estimate of drug-likeness (QED) is 0.248. The van der Waals surface area contributed by atoms with Gasteiger partial charge in [0.05, 0.1) is 0 Å². The zero-order chi connectivity index (χ0) is 23.5. The van der Waals surface area contributed by atoms with E-state index in [0.717, 1.165) is 23.0 Å². The van der Waals surface area contributed by atoms with Crippen molar-refractivity contribution in [1.29, 1.82) is 0 Å². The minimum Gasteiger partial charge on any atom is -0.407 e. The molecule has 2 aromatic rings. The summed E-state index contributed by atoms with van der Waals surface area (Å²) in [4.78, 5) is 0. The molecular weight excluding hydrogens is 428 g/mol. The van der Waals surface area contributed by atoms with Crippen LogP contribution < -0.4 is 10.2 Å². The lowest BCUT2D eigenvalue weighted by Gasteiger charge is -2.27. The van der Waals surface area contributed by atoms with E-state index in [1.54, 1.807) is 12.1 Å². The van der Waals surface area contributed by atoms with Crippen LogP contribution in [0, 0.1) is 5.92 Å². The highest BCUT2D eigenvalue weighted by molar-refractivity contribution is 6.61. The lowest BCUT2D eigenvalue weighted by Crippen LogP contribution is -2.44. The molecule has 0 aromatic heterocycles. The van der Waals surface area contributed by atoms with E-state index in [4.69, 9.17) is 9.31 Å². The average molecular weight is 462 g/mol. The van der Waals surface area contributed by atoms with Crippen molar-refractivity contribution in [2.24, 2.45) is 5.92 Å². The highest BCUT2D eigenvalue weighted by Crippen LogP contribution is 2.26. The van der Waals surface area contributed by atoms with Crippen LogP contribution in [0.3, 0.4) is 0 Å². The van der Waals surface area contributed by atoms with Crippen molar-refractivity contribution in [3.63, 3.8) is 0 Å². The fraction of sp³-hybridized carbons (Fsp3) is 0.538.